The van der Waals surface area contributed by atoms with Gasteiger partial charge in [-0.2, -0.15) is 0 Å². The zero-order chi connectivity index (χ0) is 10.5. The van der Waals surface area contributed by atoms with Crippen LogP contribution in [0.4, 0.5) is 0 Å². The number of esters is 1. The van der Waals surface area contributed by atoms with E-state index in [1.165, 1.54) is 19.9 Å². The van der Waals surface area contributed by atoms with Gasteiger partial charge in [0.05, 0.1) is 6.10 Å². The van der Waals surface area contributed by atoms with Crippen molar-refractivity contribution in [1.82, 2.24) is 0 Å². The third kappa shape index (κ3) is 4.65. The van der Waals surface area contributed by atoms with Gasteiger partial charge in [-0.15, -0.1) is 0 Å². The van der Waals surface area contributed by atoms with E-state index in [9.17, 15) is 9.90 Å². The Hall–Kier alpha value is -0.870. The molecule has 2 unspecified atom stereocenters. The molecule has 2 atom stereocenters. The van der Waals surface area contributed by atoms with Crippen LogP contribution in [0.15, 0.2) is 12.7 Å². The summed E-state index contributed by atoms with van der Waals surface area (Å²) in [6.07, 6.45) is 0.630. The maximum absolute atomic E-state index is 11.1. The molecule has 4 heteroatoms. The molecule has 0 aromatic heterocycles. The van der Waals surface area contributed by atoms with Gasteiger partial charge in [0.25, 0.3) is 0 Å². The van der Waals surface area contributed by atoms with E-state index in [1.54, 1.807) is 0 Å². The van der Waals surface area contributed by atoms with E-state index in [0.29, 0.717) is 0 Å². The van der Waals surface area contributed by atoms with Gasteiger partial charge in [-0.3, -0.25) is 0 Å². The largest absolute Gasteiger partial charge is 0.459 e. The number of rotatable bonds is 5. The smallest absolute Gasteiger partial charge is 0.338 e. The van der Waals surface area contributed by atoms with Crippen LogP contribution in [-0.4, -0.2) is 34.5 Å². The van der Waals surface area contributed by atoms with Crippen LogP contribution in [0, 0.1) is 0 Å². The minimum absolute atomic E-state index is 0.0387. The third-order valence-electron chi connectivity index (χ3n) is 1.46. The van der Waals surface area contributed by atoms with Gasteiger partial charge >= 0.3 is 5.97 Å². The van der Waals surface area contributed by atoms with Crippen molar-refractivity contribution in [2.24, 2.45) is 0 Å². The van der Waals surface area contributed by atoms with Crippen molar-refractivity contribution < 1.29 is 19.7 Å². The molecule has 0 saturated carbocycles. The molecule has 0 heterocycles. The second-order valence-corrected chi connectivity index (χ2v) is 3.21. The average Bonchev–Trinajstić information content (AvgIpc) is 1.97. The SMILES string of the molecule is C=CCOC(=O)C(C)(O)CC(C)O. The predicted molar refractivity (Wildman–Crippen MR) is 48.1 cm³/mol. The summed E-state index contributed by atoms with van der Waals surface area (Å²) in [4.78, 5) is 11.1. The first-order valence-electron chi connectivity index (χ1n) is 4.08. The summed E-state index contributed by atoms with van der Waals surface area (Å²) in [5, 5.41) is 18.5. The molecule has 0 bridgehead atoms. The van der Waals surface area contributed by atoms with Gasteiger partial charge in [-0.05, 0) is 13.8 Å². The molecule has 0 amide bonds. The molecule has 0 spiro atoms. The summed E-state index contributed by atoms with van der Waals surface area (Å²) in [6.45, 7) is 6.24. The Kier molecular flexibility index (Phi) is 4.66. The fourth-order valence-corrected chi connectivity index (χ4v) is 0.949. The zero-order valence-electron chi connectivity index (χ0n) is 7.99. The van der Waals surface area contributed by atoms with E-state index in [4.69, 9.17) is 5.11 Å². The molecule has 13 heavy (non-hydrogen) atoms. The Morgan fingerprint density at radius 3 is 2.69 bits per heavy atom. The summed E-state index contributed by atoms with van der Waals surface area (Å²) < 4.78 is 4.64. The van der Waals surface area contributed by atoms with Gasteiger partial charge in [-0.25, -0.2) is 4.79 Å². The summed E-state index contributed by atoms with van der Waals surface area (Å²) in [7, 11) is 0. The van der Waals surface area contributed by atoms with Gasteiger partial charge in [-0.1, -0.05) is 12.7 Å². The highest BCUT2D eigenvalue weighted by Gasteiger charge is 2.33. The van der Waals surface area contributed by atoms with Gasteiger partial charge in [0.2, 0.25) is 0 Å². The Morgan fingerprint density at radius 2 is 2.31 bits per heavy atom. The molecule has 4 nitrogen and oxygen atoms in total. The lowest BCUT2D eigenvalue weighted by Crippen LogP contribution is -2.39. The molecule has 0 saturated heterocycles. The minimum Gasteiger partial charge on any atom is -0.459 e. The van der Waals surface area contributed by atoms with Gasteiger partial charge in [0.1, 0.15) is 6.61 Å². The van der Waals surface area contributed by atoms with Crippen LogP contribution in [0.2, 0.25) is 0 Å². The number of aliphatic hydroxyl groups excluding tert-OH is 1. The second-order valence-electron chi connectivity index (χ2n) is 3.21. The average molecular weight is 188 g/mol. The second kappa shape index (κ2) is 4.99. The molecule has 0 aliphatic rings. The molecular formula is C9H16O4. The van der Waals surface area contributed by atoms with Crippen molar-refractivity contribution in [2.45, 2.75) is 32.0 Å². The van der Waals surface area contributed by atoms with Crippen molar-refractivity contribution in [3.63, 3.8) is 0 Å². The standard InChI is InChI=1S/C9H16O4/c1-4-5-13-8(11)9(3,12)6-7(2)10/h4,7,10,12H,1,5-6H2,2-3H3. The molecule has 0 fully saturated rings. The first-order chi connectivity index (χ1) is 5.90. The van der Waals surface area contributed by atoms with Crippen LogP contribution >= 0.6 is 0 Å². The van der Waals surface area contributed by atoms with Crippen LogP contribution in [0.5, 0.6) is 0 Å². The van der Waals surface area contributed by atoms with E-state index in [0.717, 1.165) is 0 Å². The van der Waals surface area contributed by atoms with Crippen molar-refractivity contribution in [3.8, 4) is 0 Å². The molecule has 0 aromatic carbocycles. The Balaban J connectivity index is 4.10. The zero-order valence-corrected chi connectivity index (χ0v) is 7.99. The summed E-state index contributed by atoms with van der Waals surface area (Å²) in [5.41, 5.74) is -1.63. The van der Waals surface area contributed by atoms with E-state index in [-0.39, 0.29) is 13.0 Å². The van der Waals surface area contributed by atoms with Crippen molar-refractivity contribution in [1.29, 1.82) is 0 Å². The lowest BCUT2D eigenvalue weighted by atomic mass is 10.00. The van der Waals surface area contributed by atoms with Crippen molar-refractivity contribution in [3.05, 3.63) is 12.7 Å². The number of carbonyl (C=O) groups excluding carboxylic acids is 1. The molecule has 0 aromatic rings. The maximum atomic E-state index is 11.1. The number of aliphatic hydroxyl groups is 2. The first kappa shape index (κ1) is 12.1. The Bertz CT molecular complexity index is 184. The Morgan fingerprint density at radius 1 is 1.77 bits per heavy atom. The summed E-state index contributed by atoms with van der Waals surface area (Å²) >= 11 is 0. The topological polar surface area (TPSA) is 66.8 Å². The highest BCUT2D eigenvalue weighted by molar-refractivity contribution is 5.78. The highest BCUT2D eigenvalue weighted by atomic mass is 16.5. The maximum Gasteiger partial charge on any atom is 0.338 e. The van der Waals surface area contributed by atoms with E-state index < -0.39 is 17.7 Å². The molecule has 0 radical (unpaired) electrons. The number of hydrogen-bond donors (Lipinski definition) is 2. The minimum atomic E-state index is -1.63. The quantitative estimate of drug-likeness (QED) is 0.479. The predicted octanol–water partition coefficient (Wildman–Crippen LogP) is 0.237. The number of ether oxygens (including phenoxy) is 1. The molecule has 76 valence electrons. The molecule has 0 aliphatic heterocycles. The molecular weight excluding hydrogens is 172 g/mol. The van der Waals surface area contributed by atoms with E-state index in [1.807, 2.05) is 0 Å². The Labute approximate surface area is 77.8 Å². The van der Waals surface area contributed by atoms with Crippen molar-refractivity contribution in [2.75, 3.05) is 6.61 Å². The van der Waals surface area contributed by atoms with Crippen LogP contribution in [-0.2, 0) is 9.53 Å². The van der Waals surface area contributed by atoms with Gasteiger partial charge in [0, 0.05) is 6.42 Å². The number of carbonyl (C=O) groups is 1. The highest BCUT2D eigenvalue weighted by Crippen LogP contribution is 2.14. The molecule has 0 rings (SSSR count). The summed E-state index contributed by atoms with van der Waals surface area (Å²) in [6, 6.07) is 0. The normalized spacial score (nSPS) is 17.2. The first-order valence-corrected chi connectivity index (χ1v) is 4.08. The lowest BCUT2D eigenvalue weighted by Gasteiger charge is -2.21. The van der Waals surface area contributed by atoms with E-state index >= 15 is 0 Å². The van der Waals surface area contributed by atoms with Crippen LogP contribution in [0.25, 0.3) is 0 Å². The van der Waals surface area contributed by atoms with Crippen molar-refractivity contribution >= 4 is 5.97 Å². The molecule has 2 N–H and O–H groups in total. The number of hydrogen-bond acceptors (Lipinski definition) is 4. The fourth-order valence-electron chi connectivity index (χ4n) is 0.949. The monoisotopic (exact) mass is 188 g/mol. The van der Waals surface area contributed by atoms with Crippen LogP contribution in [0.1, 0.15) is 20.3 Å². The van der Waals surface area contributed by atoms with Crippen LogP contribution < -0.4 is 0 Å². The fraction of sp³-hybridized carbons (Fsp3) is 0.667. The summed E-state index contributed by atoms with van der Waals surface area (Å²) in [5.74, 6) is -0.742. The van der Waals surface area contributed by atoms with Crippen LogP contribution in [0.3, 0.4) is 0 Å². The third-order valence-corrected chi connectivity index (χ3v) is 1.46. The van der Waals surface area contributed by atoms with Gasteiger partial charge in [0.15, 0.2) is 5.60 Å². The van der Waals surface area contributed by atoms with Gasteiger partial charge < -0.3 is 14.9 Å². The lowest BCUT2D eigenvalue weighted by molar-refractivity contribution is -0.165. The molecule has 0 aliphatic carbocycles. The van der Waals surface area contributed by atoms with E-state index in [2.05, 4.69) is 11.3 Å².